The zero-order valence-corrected chi connectivity index (χ0v) is 31.7. The van der Waals surface area contributed by atoms with E-state index in [4.69, 9.17) is 5.73 Å². The van der Waals surface area contributed by atoms with Gasteiger partial charge in [-0.3, -0.25) is 9.59 Å². The van der Waals surface area contributed by atoms with Crippen molar-refractivity contribution in [3.05, 3.63) is 65.6 Å². The van der Waals surface area contributed by atoms with Gasteiger partial charge in [-0.2, -0.15) is 11.8 Å². The molecule has 4 amide bonds. The fraction of sp³-hybridized carbons (Fsp3) is 0.486. The summed E-state index contributed by atoms with van der Waals surface area (Å²) in [7, 11) is -0.756. The Morgan fingerprint density at radius 2 is 1.83 bits per heavy atom. The van der Waals surface area contributed by atoms with Crippen LogP contribution in [-0.2, 0) is 21.4 Å². The number of unbranched alkanes of at least 4 members (excludes halogenated alkanes) is 3. The molecule has 2 aliphatic heterocycles. The number of urea groups is 1. The second-order valence-corrected chi connectivity index (χ2v) is 16.9. The van der Waals surface area contributed by atoms with Crippen LogP contribution in [0.5, 0.6) is 0 Å². The van der Waals surface area contributed by atoms with Crippen molar-refractivity contribution in [2.75, 3.05) is 39.5 Å². The summed E-state index contributed by atoms with van der Waals surface area (Å²) in [6, 6.07) is 12.2. The number of carbonyl (C=O) groups excluding carboxylic acids is 3. The second kappa shape index (κ2) is 17.7. The minimum atomic E-state index is -3.70. The lowest BCUT2D eigenvalue weighted by Gasteiger charge is -2.16. The number of thioether (sulfide) groups is 1. The molecule has 0 radical (unpaired) electrons. The number of fused-ring (bicyclic) bond motifs is 2. The highest BCUT2D eigenvalue weighted by Gasteiger charge is 2.42. The summed E-state index contributed by atoms with van der Waals surface area (Å²) in [6.07, 6.45) is 6.93. The Bertz CT molecular complexity index is 1910. The second-order valence-electron chi connectivity index (χ2n) is 13.5. The molecule has 52 heavy (non-hydrogen) atoms. The zero-order valence-electron chi connectivity index (χ0n) is 30.0. The first kappa shape index (κ1) is 39.3. The van der Waals surface area contributed by atoms with E-state index in [0.29, 0.717) is 52.4 Å². The number of amides is 4. The Kier molecular flexibility index (Phi) is 13.4. The predicted octanol–water partition coefficient (Wildman–Crippen LogP) is 4.42. The SMILES string of the molecule is Cc1c(-c2cccc(S(=O)(=O)N(C)C)c2)c2cc(C(=O)NCCCCCNC(=O)CCCC[C@@H]3SC[C@@H]4NC(=O)N[C@@H]43)ccc2n1C/C(F)=C/CN. The Labute approximate surface area is 309 Å². The summed E-state index contributed by atoms with van der Waals surface area (Å²) in [6.45, 7) is 2.90. The summed E-state index contributed by atoms with van der Waals surface area (Å²) >= 11 is 1.89. The molecule has 5 rings (SSSR count). The number of allylic oxidation sites excluding steroid dienone is 1. The molecule has 0 spiro atoms. The van der Waals surface area contributed by atoms with Gasteiger partial charge in [-0.25, -0.2) is 21.9 Å². The molecule has 6 N–H and O–H groups in total. The van der Waals surface area contributed by atoms with E-state index in [1.807, 2.05) is 24.8 Å². The summed E-state index contributed by atoms with van der Waals surface area (Å²) < 4.78 is 43.6. The summed E-state index contributed by atoms with van der Waals surface area (Å²) in [5, 5.41) is 13.0. The van der Waals surface area contributed by atoms with Gasteiger partial charge in [0.15, 0.2) is 0 Å². The smallest absolute Gasteiger partial charge is 0.315 e. The minimum Gasteiger partial charge on any atom is -0.356 e. The Balaban J connectivity index is 1.12. The highest BCUT2D eigenvalue weighted by atomic mass is 32.2. The van der Waals surface area contributed by atoms with Crippen LogP contribution in [-0.4, -0.2) is 92.0 Å². The van der Waals surface area contributed by atoms with Gasteiger partial charge < -0.3 is 31.6 Å². The van der Waals surface area contributed by atoms with Crippen LogP contribution in [0.2, 0.25) is 0 Å². The number of hydrogen-bond acceptors (Lipinski definition) is 7. The first-order chi connectivity index (χ1) is 24.9. The van der Waals surface area contributed by atoms with E-state index in [1.54, 1.807) is 34.9 Å². The number of carbonyl (C=O) groups is 3. The van der Waals surface area contributed by atoms with Crippen LogP contribution in [0.15, 0.2) is 59.3 Å². The van der Waals surface area contributed by atoms with E-state index in [0.717, 1.165) is 54.3 Å². The molecule has 2 fully saturated rings. The molecule has 15 heteroatoms. The van der Waals surface area contributed by atoms with Crippen LogP contribution in [0, 0.1) is 6.92 Å². The molecule has 0 saturated carbocycles. The Hall–Kier alpha value is -3.92. The van der Waals surface area contributed by atoms with Crippen molar-refractivity contribution in [3.63, 3.8) is 0 Å². The molecule has 2 aliphatic rings. The molecule has 3 heterocycles. The van der Waals surface area contributed by atoms with E-state index >= 15 is 0 Å². The van der Waals surface area contributed by atoms with Gasteiger partial charge >= 0.3 is 6.03 Å². The van der Waals surface area contributed by atoms with Gasteiger partial charge in [0, 0.05) is 78.9 Å². The maximum atomic E-state index is 14.7. The fourth-order valence-electron chi connectivity index (χ4n) is 6.88. The molecule has 3 aromatic rings. The van der Waals surface area contributed by atoms with Gasteiger partial charge in [0.05, 0.1) is 23.5 Å². The van der Waals surface area contributed by atoms with Gasteiger partial charge in [0.1, 0.15) is 5.83 Å². The maximum Gasteiger partial charge on any atom is 0.315 e. The molecule has 12 nitrogen and oxygen atoms in total. The van der Waals surface area contributed by atoms with Crippen molar-refractivity contribution in [3.8, 4) is 11.1 Å². The highest BCUT2D eigenvalue weighted by Crippen LogP contribution is 2.37. The summed E-state index contributed by atoms with van der Waals surface area (Å²) in [5.41, 5.74) is 8.75. The number of rotatable bonds is 18. The third-order valence-corrected chi connectivity index (χ3v) is 13.0. The van der Waals surface area contributed by atoms with Gasteiger partial charge in [-0.05, 0) is 81.0 Å². The van der Waals surface area contributed by atoms with Gasteiger partial charge in [-0.1, -0.05) is 18.6 Å². The number of nitrogens with one attached hydrogen (secondary N) is 4. The quantitative estimate of drug-likeness (QED) is 0.0947. The zero-order chi connectivity index (χ0) is 37.4. The molecule has 2 aromatic carbocycles. The van der Waals surface area contributed by atoms with Crippen molar-refractivity contribution in [2.24, 2.45) is 5.73 Å². The van der Waals surface area contributed by atoms with Crippen LogP contribution >= 0.6 is 11.8 Å². The van der Waals surface area contributed by atoms with Crippen LogP contribution in [0.25, 0.3) is 22.0 Å². The third-order valence-electron chi connectivity index (χ3n) is 9.68. The fourth-order valence-corrected chi connectivity index (χ4v) is 9.37. The number of nitrogens with zero attached hydrogens (tertiary/aromatic N) is 2. The monoisotopic (exact) mass is 755 g/mol. The number of nitrogens with two attached hydrogens (primary N) is 1. The number of aromatic nitrogens is 1. The van der Waals surface area contributed by atoms with Crippen LogP contribution in [0.4, 0.5) is 9.18 Å². The van der Waals surface area contributed by atoms with Gasteiger partial charge in [-0.15, -0.1) is 0 Å². The molecular weight excluding hydrogens is 706 g/mol. The highest BCUT2D eigenvalue weighted by molar-refractivity contribution is 8.00. The number of sulfonamides is 1. The average Bonchev–Trinajstić information content (AvgIpc) is 3.75. The van der Waals surface area contributed by atoms with Crippen molar-refractivity contribution in [2.45, 2.75) is 80.6 Å². The summed E-state index contributed by atoms with van der Waals surface area (Å²) in [4.78, 5) is 37.2. The largest absolute Gasteiger partial charge is 0.356 e. The molecular formula is C37H50FN7O5S2. The van der Waals surface area contributed by atoms with Crippen LogP contribution < -0.4 is 27.0 Å². The normalized spacial score (nSPS) is 18.8. The lowest BCUT2D eigenvalue weighted by molar-refractivity contribution is -0.121. The average molecular weight is 756 g/mol. The molecule has 3 atom stereocenters. The molecule has 282 valence electrons. The van der Waals surface area contributed by atoms with Crippen LogP contribution in [0.1, 0.15) is 61.0 Å². The number of hydrogen-bond donors (Lipinski definition) is 5. The van der Waals surface area contributed by atoms with E-state index in [9.17, 15) is 27.2 Å². The lowest BCUT2D eigenvalue weighted by Crippen LogP contribution is -2.36. The molecule has 0 bridgehead atoms. The first-order valence-corrected chi connectivity index (χ1v) is 20.3. The van der Waals surface area contributed by atoms with E-state index in [2.05, 4.69) is 21.3 Å². The van der Waals surface area contributed by atoms with E-state index in [-0.39, 0.29) is 47.9 Å². The van der Waals surface area contributed by atoms with Crippen LogP contribution in [0.3, 0.4) is 0 Å². The van der Waals surface area contributed by atoms with E-state index < -0.39 is 15.9 Å². The molecule has 1 aromatic heterocycles. The Morgan fingerprint density at radius 3 is 2.58 bits per heavy atom. The minimum absolute atomic E-state index is 0.0455. The molecule has 0 aliphatic carbocycles. The van der Waals surface area contributed by atoms with Crippen molar-refractivity contribution < 1.29 is 27.2 Å². The van der Waals surface area contributed by atoms with Crippen molar-refractivity contribution >= 4 is 50.5 Å². The number of halogens is 1. The topological polar surface area (TPSA) is 168 Å². The standard InChI is InChI=1S/C37H50FN7O5S2/c1-24-34(25-10-9-11-28(20-25)52(49,50)44(2)3)29-21-26(14-15-31(29)45(24)22-27(38)16-17-39)36(47)41-19-8-4-7-18-40-33(46)13-6-5-12-32-35-30(23-51-32)42-37(48)43-35/h9-11,14-16,20-21,30,32,35H,4-8,12-13,17-19,22-23,39H2,1-3H3,(H,40,46)(H,41,47)(H2,42,43,48)/b27-16-/t30-,32-,35-/m0/s1. The van der Waals surface area contributed by atoms with E-state index in [1.165, 1.54) is 26.2 Å². The Morgan fingerprint density at radius 1 is 1.06 bits per heavy atom. The predicted molar refractivity (Wildman–Crippen MR) is 204 cm³/mol. The van der Waals surface area contributed by atoms with Gasteiger partial charge in [0.2, 0.25) is 15.9 Å². The van der Waals surface area contributed by atoms with Gasteiger partial charge in [0.25, 0.3) is 5.91 Å². The maximum absolute atomic E-state index is 14.7. The number of benzene rings is 2. The van der Waals surface area contributed by atoms with Crippen molar-refractivity contribution in [1.29, 1.82) is 0 Å². The first-order valence-electron chi connectivity index (χ1n) is 17.8. The summed E-state index contributed by atoms with van der Waals surface area (Å²) in [5.74, 6) is 0.337. The van der Waals surface area contributed by atoms with Crippen molar-refractivity contribution in [1.82, 2.24) is 30.1 Å². The third kappa shape index (κ3) is 9.35. The molecule has 0 unspecified atom stereocenters. The molecule has 2 saturated heterocycles. The lowest BCUT2D eigenvalue weighted by atomic mass is 10.0.